The fourth-order valence-corrected chi connectivity index (χ4v) is 5.58. The van der Waals surface area contributed by atoms with Crippen LogP contribution in [0.2, 0.25) is 10.0 Å². The summed E-state index contributed by atoms with van der Waals surface area (Å²) in [4.78, 5) is -0.0130. The van der Waals surface area contributed by atoms with Gasteiger partial charge in [0.05, 0.1) is 15.5 Å². The molecule has 0 amide bonds. The van der Waals surface area contributed by atoms with E-state index in [-0.39, 0.29) is 25.5 Å². The molecule has 0 fully saturated rings. The first kappa shape index (κ1) is 20.9. The Morgan fingerprint density at radius 3 is 2.00 bits per heavy atom. The summed E-state index contributed by atoms with van der Waals surface area (Å²) in [6, 6.07) is 13.4. The normalized spacial score (nSPS) is 12.5. The molecule has 3 aromatic rings. The van der Waals surface area contributed by atoms with Gasteiger partial charge in [0, 0.05) is 34.9 Å². The molecule has 0 aliphatic rings. The molecule has 0 aliphatic heterocycles. The minimum atomic E-state index is -3.99. The Kier molecular flexibility index (Phi) is 5.62. The Morgan fingerprint density at radius 1 is 0.821 bits per heavy atom. The van der Waals surface area contributed by atoms with E-state index in [1.165, 1.54) is 38.4 Å². The van der Waals surface area contributed by atoms with Crippen LogP contribution in [0.5, 0.6) is 0 Å². The van der Waals surface area contributed by atoms with Crippen molar-refractivity contribution in [1.29, 1.82) is 0 Å². The maximum Gasteiger partial charge on any atom is 0.262 e. The van der Waals surface area contributed by atoms with Gasteiger partial charge < -0.3 is 0 Å². The van der Waals surface area contributed by atoms with Crippen molar-refractivity contribution in [3.05, 3.63) is 64.6 Å². The second-order valence-electron chi connectivity index (χ2n) is 6.15. The summed E-state index contributed by atoms with van der Waals surface area (Å²) in [6.45, 7) is 0. The molecule has 0 bridgehead atoms. The topological polar surface area (TPSA) is 83.6 Å². The van der Waals surface area contributed by atoms with Gasteiger partial charge in [-0.2, -0.15) is 0 Å². The average Bonchev–Trinajstić information content (AvgIpc) is 2.60. The van der Waals surface area contributed by atoms with Gasteiger partial charge in [-0.25, -0.2) is 21.1 Å². The van der Waals surface area contributed by atoms with Gasteiger partial charge >= 0.3 is 0 Å². The number of fused-ring (bicyclic) bond motifs is 1. The van der Waals surface area contributed by atoms with Crippen molar-refractivity contribution < 1.29 is 16.8 Å². The second-order valence-corrected chi connectivity index (χ2v) is 10.8. The van der Waals surface area contributed by atoms with Crippen LogP contribution in [-0.2, 0) is 20.0 Å². The van der Waals surface area contributed by atoms with E-state index in [4.69, 9.17) is 23.2 Å². The average molecular weight is 459 g/mol. The molecule has 0 spiro atoms. The number of sulfonamides is 2. The summed E-state index contributed by atoms with van der Waals surface area (Å²) in [5.41, 5.74) is 0.240. The van der Waals surface area contributed by atoms with E-state index in [0.29, 0.717) is 10.8 Å². The van der Waals surface area contributed by atoms with Crippen LogP contribution in [0.1, 0.15) is 0 Å². The number of nitrogens with zero attached hydrogens (tertiary/aromatic N) is 1. The quantitative estimate of drug-likeness (QED) is 0.620. The predicted octanol–water partition coefficient (Wildman–Crippen LogP) is 4.20. The van der Waals surface area contributed by atoms with Gasteiger partial charge in [-0.3, -0.25) is 4.72 Å². The highest BCUT2D eigenvalue weighted by molar-refractivity contribution is 7.92. The number of benzene rings is 3. The number of rotatable bonds is 5. The van der Waals surface area contributed by atoms with Crippen LogP contribution in [0.4, 0.5) is 5.69 Å². The maximum absolute atomic E-state index is 12.8. The molecule has 1 N–H and O–H groups in total. The molecule has 3 aromatic carbocycles. The summed E-state index contributed by atoms with van der Waals surface area (Å²) in [7, 11) is -4.83. The van der Waals surface area contributed by atoms with Gasteiger partial charge in [0.2, 0.25) is 10.0 Å². The van der Waals surface area contributed by atoms with Crippen LogP contribution < -0.4 is 4.72 Å². The minimum Gasteiger partial charge on any atom is -0.279 e. The van der Waals surface area contributed by atoms with Crippen molar-refractivity contribution in [3.63, 3.8) is 0 Å². The summed E-state index contributed by atoms with van der Waals surface area (Å²) < 4.78 is 54.4. The molecule has 0 saturated carbocycles. The van der Waals surface area contributed by atoms with Gasteiger partial charge in [0.1, 0.15) is 0 Å². The van der Waals surface area contributed by atoms with Gasteiger partial charge in [0.25, 0.3) is 10.0 Å². The van der Waals surface area contributed by atoms with Crippen molar-refractivity contribution in [2.45, 2.75) is 9.79 Å². The SMILES string of the molecule is CN(C)S(=O)(=O)c1cccc2c(NS(=O)(=O)c3cc(Cl)cc(Cl)c3)cccc12. The Balaban J connectivity index is 2.15. The predicted molar refractivity (Wildman–Crippen MR) is 112 cm³/mol. The van der Waals surface area contributed by atoms with E-state index in [0.717, 1.165) is 4.31 Å². The van der Waals surface area contributed by atoms with Crippen molar-refractivity contribution in [2.75, 3.05) is 18.8 Å². The fourth-order valence-electron chi connectivity index (χ4n) is 2.68. The molecule has 6 nitrogen and oxygen atoms in total. The fraction of sp³-hybridized carbons (Fsp3) is 0.111. The molecule has 0 aliphatic carbocycles. The Morgan fingerprint density at radius 2 is 1.39 bits per heavy atom. The minimum absolute atomic E-state index is 0.0850. The van der Waals surface area contributed by atoms with Crippen LogP contribution in [0.3, 0.4) is 0 Å². The molecule has 3 rings (SSSR count). The van der Waals surface area contributed by atoms with E-state index >= 15 is 0 Å². The lowest BCUT2D eigenvalue weighted by Crippen LogP contribution is -2.22. The summed E-state index contributed by atoms with van der Waals surface area (Å²) in [6.07, 6.45) is 0. The first-order valence-electron chi connectivity index (χ1n) is 7.95. The number of nitrogens with one attached hydrogen (secondary N) is 1. The van der Waals surface area contributed by atoms with Crippen LogP contribution in [-0.4, -0.2) is 35.2 Å². The monoisotopic (exact) mass is 458 g/mol. The van der Waals surface area contributed by atoms with E-state index < -0.39 is 20.0 Å². The largest absolute Gasteiger partial charge is 0.279 e. The van der Waals surface area contributed by atoms with Crippen LogP contribution in [0.15, 0.2) is 64.4 Å². The molecule has 0 saturated heterocycles. The number of halogens is 2. The molecule has 0 unspecified atom stereocenters. The van der Waals surface area contributed by atoms with Crippen molar-refractivity contribution in [3.8, 4) is 0 Å². The number of hydrogen-bond donors (Lipinski definition) is 1. The van der Waals surface area contributed by atoms with Crippen molar-refractivity contribution in [1.82, 2.24) is 4.31 Å². The Labute approximate surface area is 173 Å². The van der Waals surface area contributed by atoms with Crippen LogP contribution in [0, 0.1) is 0 Å². The zero-order valence-electron chi connectivity index (χ0n) is 14.8. The lowest BCUT2D eigenvalue weighted by atomic mass is 10.1. The Hall–Kier alpha value is -1.84. The molecule has 0 radical (unpaired) electrons. The third-order valence-corrected chi connectivity index (χ3v) is 7.69. The highest BCUT2D eigenvalue weighted by atomic mass is 35.5. The van der Waals surface area contributed by atoms with E-state index in [1.54, 1.807) is 30.3 Å². The van der Waals surface area contributed by atoms with Crippen LogP contribution in [0.25, 0.3) is 10.8 Å². The highest BCUT2D eigenvalue weighted by Gasteiger charge is 2.22. The molecule has 0 heterocycles. The summed E-state index contributed by atoms with van der Waals surface area (Å²) in [5.74, 6) is 0. The number of anilines is 1. The van der Waals surface area contributed by atoms with E-state index in [1.807, 2.05) is 0 Å². The zero-order chi connectivity index (χ0) is 20.7. The molecule has 148 valence electrons. The summed E-state index contributed by atoms with van der Waals surface area (Å²) >= 11 is 11.8. The van der Waals surface area contributed by atoms with E-state index in [2.05, 4.69) is 4.72 Å². The highest BCUT2D eigenvalue weighted by Crippen LogP contribution is 2.32. The van der Waals surface area contributed by atoms with Gasteiger partial charge in [-0.15, -0.1) is 0 Å². The Bertz CT molecular complexity index is 1250. The van der Waals surface area contributed by atoms with Gasteiger partial charge in [-0.1, -0.05) is 47.5 Å². The molecule has 0 aromatic heterocycles. The summed E-state index contributed by atoms with van der Waals surface area (Å²) in [5, 5.41) is 1.22. The zero-order valence-corrected chi connectivity index (χ0v) is 18.0. The third-order valence-electron chi connectivity index (χ3n) is 4.03. The molecular formula is C18H16Cl2N2O4S2. The maximum atomic E-state index is 12.8. The molecular weight excluding hydrogens is 443 g/mol. The number of hydrogen-bond acceptors (Lipinski definition) is 4. The lowest BCUT2D eigenvalue weighted by Gasteiger charge is -2.16. The third kappa shape index (κ3) is 3.97. The first-order valence-corrected chi connectivity index (χ1v) is 11.6. The molecule has 28 heavy (non-hydrogen) atoms. The second kappa shape index (κ2) is 7.53. The lowest BCUT2D eigenvalue weighted by molar-refractivity contribution is 0.521. The van der Waals surface area contributed by atoms with Crippen molar-refractivity contribution >= 4 is 59.7 Å². The standard InChI is InChI=1S/C18H16Cl2N2O4S2/c1-22(2)28(25,26)18-8-4-5-15-16(18)6-3-7-17(15)21-27(23,24)14-10-12(19)9-13(20)11-14/h3-11,21H,1-2H3. The van der Waals surface area contributed by atoms with Gasteiger partial charge in [0.15, 0.2) is 0 Å². The van der Waals surface area contributed by atoms with Crippen molar-refractivity contribution in [2.24, 2.45) is 0 Å². The smallest absolute Gasteiger partial charge is 0.262 e. The van der Waals surface area contributed by atoms with E-state index in [9.17, 15) is 16.8 Å². The van der Waals surface area contributed by atoms with Crippen LogP contribution >= 0.6 is 23.2 Å². The first-order chi connectivity index (χ1) is 13.0. The van der Waals surface area contributed by atoms with Gasteiger partial charge in [-0.05, 0) is 30.3 Å². The molecule has 10 heteroatoms. The molecule has 0 atom stereocenters.